The summed E-state index contributed by atoms with van der Waals surface area (Å²) in [4.78, 5) is 15.8. The van der Waals surface area contributed by atoms with Gasteiger partial charge in [0.1, 0.15) is 0 Å². The van der Waals surface area contributed by atoms with Crippen molar-refractivity contribution in [2.24, 2.45) is 0 Å². The molecule has 1 rings (SSSR count). The van der Waals surface area contributed by atoms with Gasteiger partial charge < -0.3 is 9.30 Å². The average molecular weight is 439 g/mol. The van der Waals surface area contributed by atoms with E-state index < -0.39 is 0 Å². The largest absolute Gasteiger partial charge is 0.466 e. The molecule has 0 aliphatic carbocycles. The van der Waals surface area contributed by atoms with Crippen LogP contribution in [-0.2, 0) is 14.1 Å². The van der Waals surface area contributed by atoms with Gasteiger partial charge in [-0.2, -0.15) is 0 Å². The Bertz CT molecular complexity index is 523. The second-order valence-corrected chi connectivity index (χ2v) is 9.01. The summed E-state index contributed by atoms with van der Waals surface area (Å²) in [5, 5.41) is 0. The Morgan fingerprint density at radius 3 is 2.17 bits per heavy atom. The number of rotatable bonds is 21. The molecule has 1 aromatic rings. The van der Waals surface area contributed by atoms with Crippen LogP contribution in [0.25, 0.3) is 0 Å². The fourth-order valence-electron chi connectivity index (χ4n) is 3.83. The monoisotopic (exact) mass is 438 g/mol. The molecule has 0 aliphatic heterocycles. The highest BCUT2D eigenvalue weighted by atomic mass is 31.1. The molecule has 0 fully saturated rings. The first-order valence-corrected chi connectivity index (χ1v) is 13.2. The van der Waals surface area contributed by atoms with Crippen LogP contribution in [0, 0.1) is 0 Å². The van der Waals surface area contributed by atoms with Crippen LogP contribution in [0.5, 0.6) is 0 Å². The molecule has 172 valence electrons. The SMILES string of the molecule is CCCCCC(CCCCCCCCCCCC(=O)OCCCP=O)n1ccnc1. The summed E-state index contributed by atoms with van der Waals surface area (Å²) in [5.41, 5.74) is 0. The number of aromatic nitrogens is 2. The zero-order valence-electron chi connectivity index (χ0n) is 19.1. The van der Waals surface area contributed by atoms with Crippen molar-refractivity contribution in [2.45, 2.75) is 116 Å². The fraction of sp³-hybridized carbons (Fsp3) is 0.833. The maximum Gasteiger partial charge on any atom is 0.305 e. The Morgan fingerprint density at radius 1 is 0.933 bits per heavy atom. The normalized spacial score (nSPS) is 12.3. The second kappa shape index (κ2) is 19.7. The molecule has 30 heavy (non-hydrogen) atoms. The maximum absolute atomic E-state index is 11.5. The summed E-state index contributed by atoms with van der Waals surface area (Å²) >= 11 is 0. The van der Waals surface area contributed by atoms with E-state index in [1.165, 1.54) is 77.0 Å². The van der Waals surface area contributed by atoms with Gasteiger partial charge in [0.25, 0.3) is 0 Å². The van der Waals surface area contributed by atoms with E-state index >= 15 is 0 Å². The molecule has 0 bridgehead atoms. The highest BCUT2D eigenvalue weighted by Gasteiger charge is 2.09. The Morgan fingerprint density at radius 2 is 1.57 bits per heavy atom. The van der Waals surface area contributed by atoms with Crippen LogP contribution in [0.2, 0.25) is 0 Å². The quantitative estimate of drug-likeness (QED) is 0.113. The van der Waals surface area contributed by atoms with Gasteiger partial charge in [-0.25, -0.2) is 4.98 Å². The highest BCUT2D eigenvalue weighted by Crippen LogP contribution is 2.23. The van der Waals surface area contributed by atoms with Gasteiger partial charge in [0, 0.05) is 31.0 Å². The lowest BCUT2D eigenvalue weighted by Crippen LogP contribution is -2.07. The summed E-state index contributed by atoms with van der Waals surface area (Å²) < 4.78 is 17.7. The molecule has 0 radical (unpaired) electrons. The number of nitrogens with zero attached hydrogens (tertiary/aromatic N) is 2. The van der Waals surface area contributed by atoms with Gasteiger partial charge >= 0.3 is 5.97 Å². The number of hydrogen-bond acceptors (Lipinski definition) is 4. The first kappa shape index (κ1) is 26.8. The van der Waals surface area contributed by atoms with E-state index in [-0.39, 0.29) is 14.4 Å². The van der Waals surface area contributed by atoms with Crippen molar-refractivity contribution in [1.82, 2.24) is 9.55 Å². The topological polar surface area (TPSA) is 61.2 Å². The van der Waals surface area contributed by atoms with Crippen LogP contribution in [-0.4, -0.2) is 28.3 Å². The summed E-state index contributed by atoms with van der Waals surface area (Å²) in [6, 6.07) is 0.622. The van der Waals surface area contributed by atoms with Crippen LogP contribution >= 0.6 is 8.46 Å². The molecule has 5 nitrogen and oxygen atoms in total. The summed E-state index contributed by atoms with van der Waals surface area (Å²) in [6.07, 6.45) is 25.3. The minimum Gasteiger partial charge on any atom is -0.466 e. The lowest BCUT2D eigenvalue weighted by molar-refractivity contribution is -0.143. The van der Waals surface area contributed by atoms with E-state index in [0.29, 0.717) is 31.7 Å². The molecule has 0 N–H and O–H groups in total. The Labute approximate surface area is 185 Å². The smallest absolute Gasteiger partial charge is 0.305 e. The third kappa shape index (κ3) is 14.7. The molecule has 1 heterocycles. The van der Waals surface area contributed by atoms with E-state index in [1.54, 1.807) is 0 Å². The Hall–Kier alpha value is -1.22. The number of hydrogen-bond donors (Lipinski definition) is 0. The minimum absolute atomic E-state index is 0.110. The third-order valence-corrected chi connectivity index (χ3v) is 6.16. The maximum atomic E-state index is 11.5. The molecule has 0 spiro atoms. The van der Waals surface area contributed by atoms with E-state index in [0.717, 1.165) is 12.8 Å². The van der Waals surface area contributed by atoms with Crippen molar-refractivity contribution in [1.29, 1.82) is 0 Å². The molecule has 1 aromatic heterocycles. The standard InChI is InChI=1S/C24H43N2O3P/c1-2-3-11-15-23(26-19-18-25-22-26)16-12-9-7-5-4-6-8-10-13-17-24(27)29-20-14-21-30-28/h18-19,22-23H,2-17,20-21H2,1H3. The highest BCUT2D eigenvalue weighted by molar-refractivity contribution is 7.23. The number of ether oxygens (including phenoxy) is 1. The van der Waals surface area contributed by atoms with Crippen LogP contribution in [0.15, 0.2) is 18.7 Å². The first-order valence-electron chi connectivity index (χ1n) is 12.2. The van der Waals surface area contributed by atoms with Gasteiger partial charge in [-0.3, -0.25) is 9.36 Å². The van der Waals surface area contributed by atoms with Crippen molar-refractivity contribution >= 4 is 14.4 Å². The summed E-state index contributed by atoms with van der Waals surface area (Å²) in [6.45, 7) is 2.66. The van der Waals surface area contributed by atoms with Gasteiger partial charge in [0.05, 0.1) is 12.9 Å². The predicted molar refractivity (Wildman–Crippen MR) is 124 cm³/mol. The molecule has 0 saturated carbocycles. The Balaban J connectivity index is 1.92. The molecular formula is C24H43N2O3P. The summed E-state index contributed by atoms with van der Waals surface area (Å²) in [7, 11) is 0.129. The zero-order chi connectivity index (χ0) is 21.7. The zero-order valence-corrected chi connectivity index (χ0v) is 20.0. The van der Waals surface area contributed by atoms with Crippen LogP contribution < -0.4 is 0 Å². The van der Waals surface area contributed by atoms with Gasteiger partial charge in [-0.05, 0) is 25.7 Å². The number of carbonyl (C=O) groups excluding carboxylic acids is 1. The van der Waals surface area contributed by atoms with E-state index in [1.807, 2.05) is 12.5 Å². The van der Waals surface area contributed by atoms with E-state index in [9.17, 15) is 9.36 Å². The molecule has 0 aromatic carbocycles. The van der Waals surface area contributed by atoms with Crippen LogP contribution in [0.3, 0.4) is 0 Å². The van der Waals surface area contributed by atoms with Gasteiger partial charge in [-0.1, -0.05) is 77.6 Å². The van der Waals surface area contributed by atoms with Crippen molar-refractivity contribution in [2.75, 3.05) is 12.8 Å². The van der Waals surface area contributed by atoms with Gasteiger partial charge in [0.15, 0.2) is 8.46 Å². The average Bonchev–Trinajstić information content (AvgIpc) is 3.28. The molecule has 0 aliphatic rings. The van der Waals surface area contributed by atoms with Crippen molar-refractivity contribution in [3.63, 3.8) is 0 Å². The predicted octanol–water partition coefficient (Wildman–Crippen LogP) is 7.52. The lowest BCUT2D eigenvalue weighted by Gasteiger charge is -2.18. The second-order valence-electron chi connectivity index (χ2n) is 8.31. The number of carbonyl (C=O) groups is 1. The number of esters is 1. The van der Waals surface area contributed by atoms with Crippen molar-refractivity contribution in [3.05, 3.63) is 18.7 Å². The number of imidazole rings is 1. The van der Waals surface area contributed by atoms with E-state index in [2.05, 4.69) is 22.7 Å². The molecule has 6 heteroatoms. The Kier molecular flexibility index (Phi) is 17.6. The van der Waals surface area contributed by atoms with Crippen molar-refractivity contribution < 1.29 is 14.1 Å². The molecule has 1 atom stereocenters. The van der Waals surface area contributed by atoms with E-state index in [4.69, 9.17) is 4.74 Å². The molecule has 1 unspecified atom stereocenters. The fourth-order valence-corrected chi connectivity index (χ4v) is 4.09. The first-order chi connectivity index (χ1) is 14.8. The third-order valence-electron chi connectivity index (χ3n) is 5.66. The lowest BCUT2D eigenvalue weighted by atomic mass is 10.0. The molecular weight excluding hydrogens is 395 g/mol. The summed E-state index contributed by atoms with van der Waals surface area (Å²) in [5.74, 6) is -0.110. The minimum atomic E-state index is -0.110. The van der Waals surface area contributed by atoms with Crippen LogP contribution in [0.4, 0.5) is 0 Å². The van der Waals surface area contributed by atoms with Crippen molar-refractivity contribution in [3.8, 4) is 0 Å². The number of unbranched alkanes of at least 4 members (excludes halogenated alkanes) is 10. The molecule has 0 amide bonds. The molecule has 0 saturated heterocycles. The van der Waals surface area contributed by atoms with Gasteiger partial charge in [-0.15, -0.1) is 0 Å². The van der Waals surface area contributed by atoms with Crippen LogP contribution in [0.1, 0.15) is 116 Å². The van der Waals surface area contributed by atoms with Gasteiger partial charge in [0.2, 0.25) is 0 Å².